The van der Waals surface area contributed by atoms with Crippen molar-refractivity contribution in [2.24, 2.45) is 0 Å². The first-order valence-corrected chi connectivity index (χ1v) is 5.86. The molecule has 5 nitrogen and oxygen atoms in total. The van der Waals surface area contributed by atoms with E-state index in [4.69, 9.17) is 4.74 Å². The SMILES string of the molecule is CCCCC(=O)OC(C(=O)OC)c1cccnc1. The summed E-state index contributed by atoms with van der Waals surface area (Å²) in [5, 5.41) is 0. The highest BCUT2D eigenvalue weighted by Crippen LogP contribution is 2.19. The van der Waals surface area contributed by atoms with Crippen LogP contribution in [-0.4, -0.2) is 24.0 Å². The number of unbranched alkanes of at least 4 members (excludes halogenated alkanes) is 1. The average Bonchev–Trinajstić information content (AvgIpc) is 2.42. The second kappa shape index (κ2) is 7.42. The number of hydrogen-bond donors (Lipinski definition) is 0. The highest BCUT2D eigenvalue weighted by molar-refractivity contribution is 5.80. The van der Waals surface area contributed by atoms with Gasteiger partial charge in [-0.1, -0.05) is 19.4 Å². The molecule has 0 saturated heterocycles. The lowest BCUT2D eigenvalue weighted by Crippen LogP contribution is -2.21. The summed E-state index contributed by atoms with van der Waals surface area (Å²) in [5.74, 6) is -1.01. The maximum Gasteiger partial charge on any atom is 0.352 e. The molecule has 1 unspecified atom stereocenters. The summed E-state index contributed by atoms with van der Waals surface area (Å²) in [5.41, 5.74) is 0.509. The highest BCUT2D eigenvalue weighted by Gasteiger charge is 2.25. The van der Waals surface area contributed by atoms with E-state index >= 15 is 0 Å². The summed E-state index contributed by atoms with van der Waals surface area (Å²) >= 11 is 0. The predicted octanol–water partition coefficient (Wildman–Crippen LogP) is 2.03. The molecule has 0 saturated carbocycles. The second-order valence-corrected chi connectivity index (χ2v) is 3.78. The van der Waals surface area contributed by atoms with Crippen molar-refractivity contribution < 1.29 is 19.1 Å². The summed E-state index contributed by atoms with van der Waals surface area (Å²) in [6.45, 7) is 1.98. The number of methoxy groups -OCH3 is 1. The van der Waals surface area contributed by atoms with Crippen LogP contribution in [0.25, 0.3) is 0 Å². The van der Waals surface area contributed by atoms with Gasteiger partial charge in [0.1, 0.15) is 0 Å². The van der Waals surface area contributed by atoms with E-state index in [1.54, 1.807) is 18.3 Å². The predicted molar refractivity (Wildman–Crippen MR) is 64.6 cm³/mol. The first-order valence-electron chi connectivity index (χ1n) is 5.86. The molecule has 0 N–H and O–H groups in total. The third-order valence-corrected chi connectivity index (χ3v) is 2.39. The molecule has 0 aliphatic rings. The molecule has 0 aliphatic carbocycles. The molecule has 98 valence electrons. The van der Waals surface area contributed by atoms with Gasteiger partial charge in [-0.2, -0.15) is 0 Å². The Morgan fingerprint density at radius 3 is 2.78 bits per heavy atom. The minimum atomic E-state index is -1.03. The number of nitrogens with zero attached hydrogens (tertiary/aromatic N) is 1. The quantitative estimate of drug-likeness (QED) is 0.724. The minimum absolute atomic E-state index is 0.296. The number of ether oxygens (including phenoxy) is 2. The van der Waals surface area contributed by atoms with Crippen molar-refractivity contribution in [1.82, 2.24) is 4.98 Å². The lowest BCUT2D eigenvalue weighted by molar-refractivity contribution is -0.166. The van der Waals surface area contributed by atoms with Crippen LogP contribution in [0.1, 0.15) is 37.9 Å². The van der Waals surface area contributed by atoms with Gasteiger partial charge >= 0.3 is 11.9 Å². The number of carbonyl (C=O) groups is 2. The molecule has 1 aromatic rings. The van der Waals surface area contributed by atoms with Crippen molar-refractivity contribution in [3.63, 3.8) is 0 Å². The van der Waals surface area contributed by atoms with Crippen LogP contribution < -0.4 is 0 Å². The molecule has 0 amide bonds. The number of esters is 2. The lowest BCUT2D eigenvalue weighted by atomic mass is 10.1. The molecule has 5 heteroatoms. The maximum absolute atomic E-state index is 11.6. The van der Waals surface area contributed by atoms with Crippen molar-refractivity contribution in [3.8, 4) is 0 Å². The molecule has 1 rings (SSSR count). The van der Waals surface area contributed by atoms with E-state index < -0.39 is 18.0 Å². The molecular formula is C13H17NO4. The fraction of sp³-hybridized carbons (Fsp3) is 0.462. The van der Waals surface area contributed by atoms with Crippen LogP contribution in [-0.2, 0) is 19.1 Å². The zero-order valence-electron chi connectivity index (χ0n) is 10.6. The summed E-state index contributed by atoms with van der Waals surface area (Å²) in [6, 6.07) is 3.34. The first-order chi connectivity index (χ1) is 8.69. The number of rotatable bonds is 6. The molecule has 0 fully saturated rings. The van der Waals surface area contributed by atoms with Gasteiger partial charge in [-0.25, -0.2) is 4.79 Å². The van der Waals surface area contributed by atoms with Crippen LogP contribution in [0.2, 0.25) is 0 Å². The van der Waals surface area contributed by atoms with E-state index in [0.29, 0.717) is 12.0 Å². The Morgan fingerprint density at radius 1 is 1.44 bits per heavy atom. The van der Waals surface area contributed by atoms with Crippen molar-refractivity contribution in [1.29, 1.82) is 0 Å². The molecule has 0 bridgehead atoms. The smallest absolute Gasteiger partial charge is 0.352 e. The Balaban J connectivity index is 2.74. The molecule has 1 heterocycles. The van der Waals surface area contributed by atoms with E-state index in [0.717, 1.165) is 12.8 Å². The Labute approximate surface area is 106 Å². The molecule has 0 spiro atoms. The van der Waals surface area contributed by atoms with Gasteiger partial charge in [-0.3, -0.25) is 9.78 Å². The zero-order valence-corrected chi connectivity index (χ0v) is 10.6. The van der Waals surface area contributed by atoms with Crippen molar-refractivity contribution in [2.75, 3.05) is 7.11 Å². The van der Waals surface area contributed by atoms with Crippen molar-refractivity contribution >= 4 is 11.9 Å². The normalized spacial score (nSPS) is 11.7. The van der Waals surface area contributed by atoms with Gasteiger partial charge in [0.2, 0.25) is 6.10 Å². The topological polar surface area (TPSA) is 65.5 Å². The van der Waals surface area contributed by atoms with Gasteiger partial charge in [0.15, 0.2) is 0 Å². The van der Waals surface area contributed by atoms with Crippen LogP contribution in [0.3, 0.4) is 0 Å². The number of pyridine rings is 1. The van der Waals surface area contributed by atoms with Crippen LogP contribution in [0.15, 0.2) is 24.5 Å². The summed E-state index contributed by atoms with van der Waals surface area (Å²) in [7, 11) is 1.26. The van der Waals surface area contributed by atoms with Gasteiger partial charge in [-0.15, -0.1) is 0 Å². The monoisotopic (exact) mass is 251 g/mol. The second-order valence-electron chi connectivity index (χ2n) is 3.78. The molecule has 0 aliphatic heterocycles. The first kappa shape index (κ1) is 14.2. The van der Waals surface area contributed by atoms with Gasteiger partial charge in [0.25, 0.3) is 0 Å². The Kier molecular flexibility index (Phi) is 5.84. The van der Waals surface area contributed by atoms with Gasteiger partial charge in [0, 0.05) is 24.4 Å². The molecule has 0 radical (unpaired) electrons. The number of carbonyl (C=O) groups excluding carboxylic acids is 2. The molecule has 1 aromatic heterocycles. The number of aromatic nitrogens is 1. The summed E-state index contributed by atoms with van der Waals surface area (Å²) in [6.07, 6.45) is 3.95. The average molecular weight is 251 g/mol. The minimum Gasteiger partial charge on any atom is -0.466 e. The third-order valence-electron chi connectivity index (χ3n) is 2.39. The molecule has 1 atom stereocenters. The standard InChI is InChI=1S/C13H17NO4/c1-3-4-7-11(15)18-12(13(16)17-2)10-6-5-8-14-9-10/h5-6,8-9,12H,3-4,7H2,1-2H3. The van der Waals surface area contributed by atoms with E-state index in [-0.39, 0.29) is 0 Å². The fourth-order valence-electron chi connectivity index (χ4n) is 1.40. The zero-order chi connectivity index (χ0) is 13.4. The van der Waals surface area contributed by atoms with E-state index in [9.17, 15) is 9.59 Å². The van der Waals surface area contributed by atoms with E-state index in [2.05, 4.69) is 9.72 Å². The summed E-state index contributed by atoms with van der Waals surface area (Å²) < 4.78 is 9.77. The molecule has 18 heavy (non-hydrogen) atoms. The van der Waals surface area contributed by atoms with Crippen LogP contribution in [0.5, 0.6) is 0 Å². The Bertz CT molecular complexity index is 391. The Hall–Kier alpha value is -1.91. The fourth-order valence-corrected chi connectivity index (χ4v) is 1.40. The highest BCUT2D eigenvalue weighted by atomic mass is 16.6. The van der Waals surface area contributed by atoms with Gasteiger partial charge in [0.05, 0.1) is 7.11 Å². The van der Waals surface area contributed by atoms with Gasteiger partial charge in [-0.05, 0) is 12.5 Å². The van der Waals surface area contributed by atoms with Crippen LogP contribution in [0.4, 0.5) is 0 Å². The Morgan fingerprint density at radius 2 is 2.22 bits per heavy atom. The lowest BCUT2D eigenvalue weighted by Gasteiger charge is -2.15. The van der Waals surface area contributed by atoms with Crippen molar-refractivity contribution in [3.05, 3.63) is 30.1 Å². The van der Waals surface area contributed by atoms with Crippen LogP contribution >= 0.6 is 0 Å². The third kappa shape index (κ3) is 4.16. The van der Waals surface area contributed by atoms with Crippen molar-refractivity contribution in [2.45, 2.75) is 32.3 Å². The largest absolute Gasteiger partial charge is 0.466 e. The summed E-state index contributed by atoms with van der Waals surface area (Å²) in [4.78, 5) is 27.0. The van der Waals surface area contributed by atoms with E-state index in [1.807, 2.05) is 6.92 Å². The molecular weight excluding hydrogens is 234 g/mol. The molecule has 0 aromatic carbocycles. The van der Waals surface area contributed by atoms with E-state index in [1.165, 1.54) is 13.3 Å². The van der Waals surface area contributed by atoms with Crippen LogP contribution in [0, 0.1) is 0 Å². The number of hydrogen-bond acceptors (Lipinski definition) is 5. The maximum atomic E-state index is 11.6. The van der Waals surface area contributed by atoms with Gasteiger partial charge < -0.3 is 9.47 Å².